The van der Waals surface area contributed by atoms with Gasteiger partial charge in [-0.05, 0) is 54.0 Å². The molecule has 3 rings (SSSR count). The van der Waals surface area contributed by atoms with Crippen molar-refractivity contribution in [2.45, 2.75) is 31.7 Å². The van der Waals surface area contributed by atoms with Crippen molar-refractivity contribution in [1.82, 2.24) is 5.32 Å². The van der Waals surface area contributed by atoms with Gasteiger partial charge in [0.1, 0.15) is 0 Å². The number of rotatable bonds is 3. The fourth-order valence-electron chi connectivity index (χ4n) is 3.18. The topological polar surface area (TPSA) is 29.1 Å². The number of hydrogen-bond acceptors (Lipinski definition) is 2. The molecular formula is C18H19NOS. The molecule has 0 spiro atoms. The molecule has 108 valence electrons. The Morgan fingerprint density at radius 3 is 2.95 bits per heavy atom. The molecule has 0 aliphatic heterocycles. The van der Waals surface area contributed by atoms with Crippen LogP contribution < -0.4 is 5.32 Å². The van der Waals surface area contributed by atoms with E-state index in [0.717, 1.165) is 12.8 Å². The minimum absolute atomic E-state index is 0.0813. The number of nitrogens with one attached hydrogen (secondary N) is 1. The van der Waals surface area contributed by atoms with Crippen LogP contribution in [0.2, 0.25) is 0 Å². The number of thiophene rings is 1. The molecule has 0 fully saturated rings. The van der Waals surface area contributed by atoms with Crippen LogP contribution in [0.4, 0.5) is 0 Å². The number of aryl methyl sites for hydroxylation is 1. The molecule has 0 saturated heterocycles. The van der Waals surface area contributed by atoms with Gasteiger partial charge in [-0.15, -0.1) is 11.3 Å². The Bertz CT molecular complexity index is 673. The van der Waals surface area contributed by atoms with E-state index in [2.05, 4.69) is 54.5 Å². The first-order valence-electron chi connectivity index (χ1n) is 7.23. The molecule has 0 bridgehead atoms. The molecule has 2 atom stereocenters. The zero-order valence-corrected chi connectivity index (χ0v) is 13.0. The van der Waals surface area contributed by atoms with Crippen LogP contribution in [0.5, 0.6) is 0 Å². The standard InChI is InChI=1S/C18H19NOS/c1-3-17(20)19-14-10-13-8-9-21-18(13)16(11-14)15-7-5-4-6-12(15)2/h3-9,14,16H,1,10-11H2,2H3,(H,19,20)/t14-,16+/m1/s1. The van der Waals surface area contributed by atoms with E-state index in [-0.39, 0.29) is 11.9 Å². The molecule has 2 nitrogen and oxygen atoms in total. The monoisotopic (exact) mass is 297 g/mol. The summed E-state index contributed by atoms with van der Waals surface area (Å²) in [5, 5.41) is 5.23. The molecule has 0 radical (unpaired) electrons. The zero-order valence-electron chi connectivity index (χ0n) is 12.1. The van der Waals surface area contributed by atoms with Crippen molar-refractivity contribution in [1.29, 1.82) is 0 Å². The number of amides is 1. The lowest BCUT2D eigenvalue weighted by Gasteiger charge is -2.31. The minimum Gasteiger partial charge on any atom is -0.349 e. The average Bonchev–Trinajstić information content (AvgIpc) is 2.95. The smallest absolute Gasteiger partial charge is 0.243 e. The van der Waals surface area contributed by atoms with Crippen molar-refractivity contribution in [2.75, 3.05) is 0 Å². The van der Waals surface area contributed by atoms with E-state index in [1.54, 1.807) is 0 Å². The summed E-state index contributed by atoms with van der Waals surface area (Å²) in [5.74, 6) is 0.298. The van der Waals surface area contributed by atoms with Crippen LogP contribution >= 0.6 is 11.3 Å². The van der Waals surface area contributed by atoms with Crippen LogP contribution in [0.15, 0.2) is 48.4 Å². The summed E-state index contributed by atoms with van der Waals surface area (Å²) in [6, 6.07) is 10.9. The second kappa shape index (κ2) is 5.86. The first kappa shape index (κ1) is 14.1. The molecule has 1 amide bonds. The normalized spacial score (nSPS) is 20.6. The van der Waals surface area contributed by atoms with Crippen LogP contribution in [0.1, 0.15) is 33.9 Å². The Morgan fingerprint density at radius 1 is 1.38 bits per heavy atom. The number of fused-ring (bicyclic) bond motifs is 1. The predicted octanol–water partition coefficient (Wildman–Crippen LogP) is 3.81. The van der Waals surface area contributed by atoms with Crippen LogP contribution in [0.25, 0.3) is 0 Å². The Labute approximate surface area is 129 Å². The maximum absolute atomic E-state index is 11.6. The molecule has 1 aliphatic carbocycles. The lowest BCUT2D eigenvalue weighted by molar-refractivity contribution is -0.117. The third-order valence-corrected chi connectivity index (χ3v) is 5.25. The highest BCUT2D eigenvalue weighted by atomic mass is 32.1. The van der Waals surface area contributed by atoms with Gasteiger partial charge < -0.3 is 5.32 Å². The van der Waals surface area contributed by atoms with E-state index < -0.39 is 0 Å². The van der Waals surface area contributed by atoms with Crippen LogP contribution in [0.3, 0.4) is 0 Å². The van der Waals surface area contributed by atoms with Gasteiger partial charge in [-0.3, -0.25) is 4.79 Å². The average molecular weight is 297 g/mol. The van der Waals surface area contributed by atoms with Crippen LogP contribution in [-0.4, -0.2) is 11.9 Å². The molecular weight excluding hydrogens is 278 g/mol. The van der Waals surface area contributed by atoms with Gasteiger partial charge in [0.25, 0.3) is 0 Å². The predicted molar refractivity (Wildman–Crippen MR) is 87.8 cm³/mol. The second-order valence-corrected chi connectivity index (χ2v) is 6.52. The Morgan fingerprint density at radius 2 is 2.19 bits per heavy atom. The highest BCUT2D eigenvalue weighted by Crippen LogP contribution is 2.40. The van der Waals surface area contributed by atoms with Gasteiger partial charge in [0.15, 0.2) is 0 Å². The fraction of sp³-hybridized carbons (Fsp3) is 0.278. The van der Waals surface area contributed by atoms with E-state index in [1.807, 2.05) is 11.3 Å². The van der Waals surface area contributed by atoms with E-state index in [4.69, 9.17) is 0 Å². The SMILES string of the molecule is C=CC(=O)N[C@@H]1Cc2ccsc2[C@H](c2ccccc2C)C1. The number of carbonyl (C=O) groups excluding carboxylic acids is 1. The second-order valence-electron chi connectivity index (χ2n) is 5.57. The molecule has 1 N–H and O–H groups in total. The van der Waals surface area contributed by atoms with Crippen molar-refractivity contribution in [3.05, 3.63) is 69.9 Å². The molecule has 1 heterocycles. The summed E-state index contributed by atoms with van der Waals surface area (Å²) in [5.41, 5.74) is 4.06. The zero-order chi connectivity index (χ0) is 14.8. The van der Waals surface area contributed by atoms with Crippen molar-refractivity contribution >= 4 is 17.2 Å². The third-order valence-electron chi connectivity index (χ3n) is 4.18. The van der Waals surface area contributed by atoms with Crippen molar-refractivity contribution in [3.8, 4) is 0 Å². The summed E-state index contributed by atoms with van der Waals surface area (Å²) in [7, 11) is 0. The van der Waals surface area contributed by atoms with Crippen molar-refractivity contribution in [2.24, 2.45) is 0 Å². The summed E-state index contributed by atoms with van der Waals surface area (Å²) in [6.45, 7) is 5.70. The van der Waals surface area contributed by atoms with Gasteiger partial charge >= 0.3 is 0 Å². The first-order valence-corrected chi connectivity index (χ1v) is 8.11. The highest BCUT2D eigenvalue weighted by Gasteiger charge is 2.30. The molecule has 0 unspecified atom stereocenters. The molecule has 3 heteroatoms. The molecule has 1 aliphatic rings. The van der Waals surface area contributed by atoms with Crippen molar-refractivity contribution < 1.29 is 4.79 Å². The summed E-state index contributed by atoms with van der Waals surface area (Å²) >= 11 is 1.83. The number of carbonyl (C=O) groups is 1. The van der Waals surface area contributed by atoms with E-state index >= 15 is 0 Å². The van der Waals surface area contributed by atoms with E-state index in [9.17, 15) is 4.79 Å². The largest absolute Gasteiger partial charge is 0.349 e. The fourth-order valence-corrected chi connectivity index (χ4v) is 4.25. The Kier molecular flexibility index (Phi) is 3.93. The minimum atomic E-state index is -0.0813. The van der Waals surface area contributed by atoms with Gasteiger partial charge in [0, 0.05) is 16.8 Å². The lowest BCUT2D eigenvalue weighted by Crippen LogP contribution is -2.39. The summed E-state index contributed by atoms with van der Waals surface area (Å²) in [4.78, 5) is 13.1. The van der Waals surface area contributed by atoms with Gasteiger partial charge in [-0.1, -0.05) is 30.8 Å². The maximum atomic E-state index is 11.6. The van der Waals surface area contributed by atoms with Gasteiger partial charge in [0.2, 0.25) is 5.91 Å². The molecule has 0 saturated carbocycles. The summed E-state index contributed by atoms with van der Waals surface area (Å²) in [6.07, 6.45) is 3.23. The van der Waals surface area contributed by atoms with Crippen LogP contribution in [-0.2, 0) is 11.2 Å². The lowest BCUT2D eigenvalue weighted by atomic mass is 9.80. The first-order chi connectivity index (χ1) is 10.2. The quantitative estimate of drug-likeness (QED) is 0.858. The van der Waals surface area contributed by atoms with E-state index in [0.29, 0.717) is 5.92 Å². The van der Waals surface area contributed by atoms with Gasteiger partial charge in [0.05, 0.1) is 0 Å². The van der Waals surface area contributed by atoms with Crippen LogP contribution in [0, 0.1) is 6.92 Å². The van der Waals surface area contributed by atoms with Crippen molar-refractivity contribution in [3.63, 3.8) is 0 Å². The van der Waals surface area contributed by atoms with Gasteiger partial charge in [-0.2, -0.15) is 0 Å². The highest BCUT2D eigenvalue weighted by molar-refractivity contribution is 7.10. The molecule has 1 aromatic carbocycles. The van der Waals surface area contributed by atoms with E-state index in [1.165, 1.54) is 27.6 Å². The van der Waals surface area contributed by atoms with Gasteiger partial charge in [-0.25, -0.2) is 0 Å². The number of benzene rings is 1. The number of hydrogen-bond donors (Lipinski definition) is 1. The Balaban J connectivity index is 1.95. The molecule has 1 aromatic heterocycles. The third kappa shape index (κ3) is 2.79. The Hall–Kier alpha value is -1.87. The molecule has 21 heavy (non-hydrogen) atoms. The molecule has 2 aromatic rings. The maximum Gasteiger partial charge on any atom is 0.243 e. The summed E-state index contributed by atoms with van der Waals surface area (Å²) < 4.78 is 0.